The molecule has 3 nitrogen and oxygen atoms in total. The molecule has 0 aromatic carbocycles. The van der Waals surface area contributed by atoms with E-state index in [-0.39, 0.29) is 12.8 Å². The van der Waals surface area contributed by atoms with Gasteiger partial charge in [-0.3, -0.25) is 4.79 Å². The maximum Gasteiger partial charge on any atom is 0.309 e. The van der Waals surface area contributed by atoms with Crippen molar-refractivity contribution in [3.63, 3.8) is 0 Å². The third-order valence-electron chi connectivity index (χ3n) is 2.69. The van der Waals surface area contributed by atoms with E-state index >= 15 is 0 Å². The van der Waals surface area contributed by atoms with E-state index in [1.54, 1.807) is 0 Å². The second kappa shape index (κ2) is 4.21. The minimum absolute atomic E-state index is 0.0882. The molecule has 1 aliphatic rings. The number of esters is 1. The largest absolute Gasteiger partial charge is 0.469 e. The highest BCUT2D eigenvalue weighted by molar-refractivity contribution is 5.72. The predicted molar refractivity (Wildman–Crippen MR) is 44.9 cm³/mol. The number of aliphatic hydroxyl groups excluding tert-OH is 1. The van der Waals surface area contributed by atoms with Crippen molar-refractivity contribution in [1.82, 2.24) is 0 Å². The monoisotopic (exact) mass is 208 g/mol. The fourth-order valence-electron chi connectivity index (χ4n) is 1.88. The molecule has 0 aliphatic heterocycles. The number of ether oxygens (including phenoxy) is 1. The highest BCUT2D eigenvalue weighted by Crippen LogP contribution is 2.40. The van der Waals surface area contributed by atoms with Crippen molar-refractivity contribution in [2.75, 3.05) is 13.7 Å². The van der Waals surface area contributed by atoms with Crippen LogP contribution in [0.5, 0.6) is 0 Å². The first kappa shape index (κ1) is 11.4. The molecule has 0 spiro atoms. The first-order valence-corrected chi connectivity index (χ1v) is 4.56. The zero-order valence-electron chi connectivity index (χ0n) is 8.00. The number of rotatable bonds is 2. The molecule has 14 heavy (non-hydrogen) atoms. The molecule has 1 saturated carbocycles. The van der Waals surface area contributed by atoms with E-state index in [0.717, 1.165) is 0 Å². The molecule has 0 heterocycles. The zero-order chi connectivity index (χ0) is 10.8. The van der Waals surface area contributed by atoms with Gasteiger partial charge in [-0.15, -0.1) is 0 Å². The summed E-state index contributed by atoms with van der Waals surface area (Å²) < 4.78 is 30.3. The Morgan fingerprint density at radius 1 is 1.64 bits per heavy atom. The van der Waals surface area contributed by atoms with Crippen molar-refractivity contribution in [3.8, 4) is 0 Å². The Labute approximate surface area is 81.1 Å². The third-order valence-corrected chi connectivity index (χ3v) is 2.69. The Balaban J connectivity index is 2.66. The molecule has 2 atom stereocenters. The van der Waals surface area contributed by atoms with Crippen LogP contribution in [-0.2, 0) is 9.53 Å². The Morgan fingerprint density at radius 3 is 2.79 bits per heavy atom. The smallest absolute Gasteiger partial charge is 0.309 e. The van der Waals surface area contributed by atoms with E-state index in [2.05, 4.69) is 4.74 Å². The lowest BCUT2D eigenvalue weighted by Crippen LogP contribution is -2.38. The summed E-state index contributed by atoms with van der Waals surface area (Å²) in [6.45, 7) is -0.393. The molecule has 0 unspecified atom stereocenters. The van der Waals surface area contributed by atoms with Gasteiger partial charge >= 0.3 is 5.97 Å². The van der Waals surface area contributed by atoms with Crippen LogP contribution in [0, 0.1) is 11.8 Å². The van der Waals surface area contributed by atoms with E-state index in [9.17, 15) is 13.6 Å². The van der Waals surface area contributed by atoms with Gasteiger partial charge in [0.05, 0.1) is 13.0 Å². The van der Waals surface area contributed by atoms with Gasteiger partial charge in [-0.1, -0.05) is 0 Å². The fourth-order valence-corrected chi connectivity index (χ4v) is 1.88. The minimum atomic E-state index is -2.75. The molecule has 1 rings (SSSR count). The molecular weight excluding hydrogens is 194 g/mol. The molecule has 1 aliphatic carbocycles. The first-order valence-electron chi connectivity index (χ1n) is 4.56. The van der Waals surface area contributed by atoms with Crippen LogP contribution in [0.25, 0.3) is 0 Å². The van der Waals surface area contributed by atoms with Gasteiger partial charge in [0.15, 0.2) is 0 Å². The number of aliphatic hydroxyl groups is 1. The van der Waals surface area contributed by atoms with Gasteiger partial charge in [0.2, 0.25) is 5.92 Å². The molecule has 0 aromatic rings. The van der Waals surface area contributed by atoms with Gasteiger partial charge in [0, 0.05) is 25.4 Å². The summed E-state index contributed by atoms with van der Waals surface area (Å²) in [5.74, 6) is -4.51. The van der Waals surface area contributed by atoms with Crippen LogP contribution in [0.1, 0.15) is 19.3 Å². The van der Waals surface area contributed by atoms with Crippen molar-refractivity contribution in [3.05, 3.63) is 0 Å². The summed E-state index contributed by atoms with van der Waals surface area (Å²) >= 11 is 0. The van der Waals surface area contributed by atoms with Gasteiger partial charge in [-0.2, -0.15) is 0 Å². The molecule has 0 saturated heterocycles. The summed E-state index contributed by atoms with van der Waals surface area (Å²) in [5.41, 5.74) is 0. The number of hydrogen-bond donors (Lipinski definition) is 1. The number of carbonyl (C=O) groups is 1. The van der Waals surface area contributed by atoms with E-state index in [1.165, 1.54) is 7.11 Å². The van der Waals surface area contributed by atoms with Crippen molar-refractivity contribution in [2.45, 2.75) is 25.2 Å². The zero-order valence-corrected chi connectivity index (χ0v) is 8.00. The van der Waals surface area contributed by atoms with Crippen LogP contribution in [0.15, 0.2) is 0 Å². The molecule has 0 radical (unpaired) electrons. The summed E-state index contributed by atoms with van der Waals surface area (Å²) in [5, 5.41) is 8.90. The van der Waals surface area contributed by atoms with Gasteiger partial charge in [-0.05, 0) is 6.42 Å². The Bertz CT molecular complexity index is 218. The lowest BCUT2D eigenvalue weighted by Gasteiger charge is -2.33. The lowest BCUT2D eigenvalue weighted by atomic mass is 9.78. The Hall–Kier alpha value is -0.710. The third kappa shape index (κ3) is 2.41. The molecule has 0 aromatic heterocycles. The summed E-state index contributed by atoms with van der Waals surface area (Å²) in [4.78, 5) is 11.2. The molecule has 1 fully saturated rings. The normalized spacial score (nSPS) is 31.1. The van der Waals surface area contributed by atoms with Crippen LogP contribution in [-0.4, -0.2) is 30.7 Å². The highest BCUT2D eigenvalue weighted by atomic mass is 19.3. The van der Waals surface area contributed by atoms with Crippen molar-refractivity contribution in [2.24, 2.45) is 11.8 Å². The number of methoxy groups -OCH3 is 1. The SMILES string of the molecule is COC(=O)[C@@H]1CCC(F)(F)C[C@H]1CO. The quantitative estimate of drug-likeness (QED) is 0.694. The number of halogens is 2. The van der Waals surface area contributed by atoms with Crippen molar-refractivity contribution >= 4 is 5.97 Å². The van der Waals surface area contributed by atoms with Crippen LogP contribution >= 0.6 is 0 Å². The number of hydrogen-bond acceptors (Lipinski definition) is 3. The van der Waals surface area contributed by atoms with Gasteiger partial charge in [0.25, 0.3) is 0 Å². The van der Waals surface area contributed by atoms with Gasteiger partial charge in [0.1, 0.15) is 0 Å². The van der Waals surface area contributed by atoms with Crippen LogP contribution in [0.3, 0.4) is 0 Å². The van der Waals surface area contributed by atoms with Crippen molar-refractivity contribution < 1.29 is 23.4 Å². The standard InChI is InChI=1S/C9H14F2O3/c1-14-8(13)7-2-3-9(10,11)4-6(7)5-12/h6-7,12H,2-5H2,1H3/t6-,7+/m0/s1. The van der Waals surface area contributed by atoms with Gasteiger partial charge in [-0.25, -0.2) is 8.78 Å². The van der Waals surface area contributed by atoms with Gasteiger partial charge < -0.3 is 9.84 Å². The lowest BCUT2D eigenvalue weighted by molar-refractivity contribution is -0.155. The Morgan fingerprint density at radius 2 is 2.29 bits per heavy atom. The van der Waals surface area contributed by atoms with Crippen LogP contribution < -0.4 is 0 Å². The summed E-state index contributed by atoms with van der Waals surface area (Å²) in [6, 6.07) is 0. The van der Waals surface area contributed by atoms with Crippen molar-refractivity contribution in [1.29, 1.82) is 0 Å². The second-order valence-corrected chi connectivity index (χ2v) is 3.67. The number of alkyl halides is 2. The van der Waals surface area contributed by atoms with E-state index in [0.29, 0.717) is 0 Å². The maximum atomic E-state index is 12.9. The molecular formula is C9H14F2O3. The maximum absolute atomic E-state index is 12.9. The molecule has 82 valence electrons. The molecule has 0 amide bonds. The highest BCUT2D eigenvalue weighted by Gasteiger charge is 2.44. The minimum Gasteiger partial charge on any atom is -0.469 e. The predicted octanol–water partition coefficient (Wildman–Crippen LogP) is 1.20. The molecule has 0 bridgehead atoms. The average molecular weight is 208 g/mol. The summed E-state index contributed by atoms with van der Waals surface area (Å²) in [7, 11) is 1.23. The van der Waals surface area contributed by atoms with Crippen LogP contribution in [0.4, 0.5) is 8.78 Å². The second-order valence-electron chi connectivity index (χ2n) is 3.67. The fraction of sp³-hybridized carbons (Fsp3) is 0.889. The Kier molecular flexibility index (Phi) is 3.42. The molecule has 1 N–H and O–H groups in total. The first-order chi connectivity index (χ1) is 6.50. The average Bonchev–Trinajstić information content (AvgIpc) is 2.15. The molecule has 5 heteroatoms. The van der Waals surface area contributed by atoms with E-state index in [1.807, 2.05) is 0 Å². The van der Waals surface area contributed by atoms with E-state index < -0.39 is 36.8 Å². The van der Waals surface area contributed by atoms with E-state index in [4.69, 9.17) is 5.11 Å². The number of carbonyl (C=O) groups excluding carboxylic acids is 1. The topological polar surface area (TPSA) is 46.5 Å². The summed E-state index contributed by atoms with van der Waals surface area (Å²) in [6.07, 6.45) is -0.641. The van der Waals surface area contributed by atoms with Crippen LogP contribution in [0.2, 0.25) is 0 Å².